The van der Waals surface area contributed by atoms with E-state index in [9.17, 15) is 14.4 Å². The molecule has 0 unspecified atom stereocenters. The third kappa shape index (κ3) is 5.87. The van der Waals surface area contributed by atoms with Gasteiger partial charge in [0.25, 0.3) is 5.91 Å². The van der Waals surface area contributed by atoms with Crippen LogP contribution in [0, 0.1) is 0 Å². The summed E-state index contributed by atoms with van der Waals surface area (Å²) in [4.78, 5) is 38.7. The van der Waals surface area contributed by atoms with Crippen LogP contribution in [0.2, 0.25) is 0 Å². The number of piperidine rings is 1. The van der Waals surface area contributed by atoms with Gasteiger partial charge >= 0.3 is 0 Å². The molecule has 1 atom stereocenters. The molecule has 0 saturated carbocycles. The van der Waals surface area contributed by atoms with Crippen LogP contribution in [0.4, 0.5) is 5.69 Å². The molecule has 1 aliphatic heterocycles. The van der Waals surface area contributed by atoms with Crippen LogP contribution in [-0.4, -0.2) is 47.0 Å². The van der Waals surface area contributed by atoms with Crippen molar-refractivity contribution in [1.29, 1.82) is 0 Å². The Balaban J connectivity index is 1.44. The van der Waals surface area contributed by atoms with Gasteiger partial charge in [-0.2, -0.15) is 0 Å². The number of likely N-dealkylation sites (tertiary alicyclic amines) is 1. The first-order chi connectivity index (χ1) is 13.9. The molecule has 1 aromatic carbocycles. The molecule has 0 bridgehead atoms. The highest BCUT2D eigenvalue weighted by molar-refractivity contribution is 8.00. The summed E-state index contributed by atoms with van der Waals surface area (Å²) < 4.78 is 4.97. The molecule has 7 nitrogen and oxygen atoms in total. The Morgan fingerprint density at radius 1 is 1.14 bits per heavy atom. The minimum atomic E-state index is -0.243. The van der Waals surface area contributed by atoms with Gasteiger partial charge in [-0.15, -0.1) is 11.8 Å². The van der Waals surface area contributed by atoms with Gasteiger partial charge in [0.05, 0.1) is 17.1 Å². The summed E-state index contributed by atoms with van der Waals surface area (Å²) in [5.74, 6) is -0.161. The average Bonchev–Trinajstić information content (AvgIpc) is 3.24. The zero-order chi connectivity index (χ0) is 20.8. The largest absolute Gasteiger partial charge is 0.472 e. The van der Waals surface area contributed by atoms with Gasteiger partial charge in [0.1, 0.15) is 6.26 Å². The van der Waals surface area contributed by atoms with Crippen molar-refractivity contribution in [3.05, 3.63) is 48.4 Å². The van der Waals surface area contributed by atoms with Crippen LogP contribution in [-0.2, 0) is 9.59 Å². The lowest BCUT2D eigenvalue weighted by Crippen LogP contribution is -2.48. The number of benzene rings is 1. The Labute approximate surface area is 174 Å². The minimum Gasteiger partial charge on any atom is -0.472 e. The number of carbonyl (C=O) groups excluding carboxylic acids is 3. The van der Waals surface area contributed by atoms with Crippen molar-refractivity contribution in [2.45, 2.75) is 42.9 Å². The summed E-state index contributed by atoms with van der Waals surface area (Å²) >= 11 is 1.47. The smallest absolute Gasteiger partial charge is 0.257 e. The molecule has 2 heterocycles. The van der Waals surface area contributed by atoms with Crippen molar-refractivity contribution in [2.24, 2.45) is 0 Å². The molecule has 2 aromatic rings. The molecule has 29 heavy (non-hydrogen) atoms. The molecule has 0 aliphatic carbocycles. The maximum atomic E-state index is 12.5. The molecular formula is C21H25N3O4S. The number of nitrogens with one attached hydrogen (secondary N) is 2. The molecule has 8 heteroatoms. The van der Waals surface area contributed by atoms with E-state index in [1.54, 1.807) is 11.0 Å². The first-order valence-corrected chi connectivity index (χ1v) is 10.5. The average molecular weight is 416 g/mol. The molecule has 154 valence electrons. The maximum absolute atomic E-state index is 12.5. The van der Waals surface area contributed by atoms with E-state index < -0.39 is 0 Å². The van der Waals surface area contributed by atoms with Crippen molar-refractivity contribution < 1.29 is 18.8 Å². The number of nitrogens with zero attached hydrogens (tertiary/aromatic N) is 1. The molecule has 1 saturated heterocycles. The van der Waals surface area contributed by atoms with Gasteiger partial charge in [-0.3, -0.25) is 14.4 Å². The van der Waals surface area contributed by atoms with Crippen LogP contribution in [0.3, 0.4) is 0 Å². The predicted octanol–water partition coefficient (Wildman–Crippen LogP) is 3.14. The number of amides is 3. The third-order valence-corrected chi connectivity index (χ3v) is 5.87. The topological polar surface area (TPSA) is 91.7 Å². The van der Waals surface area contributed by atoms with Crippen LogP contribution in [0.25, 0.3) is 0 Å². The lowest BCUT2D eigenvalue weighted by molar-refractivity contribution is -0.121. The minimum absolute atomic E-state index is 0.0134. The second-order valence-corrected chi connectivity index (χ2v) is 8.47. The fourth-order valence-electron chi connectivity index (χ4n) is 3.19. The Morgan fingerprint density at radius 3 is 2.41 bits per heavy atom. The van der Waals surface area contributed by atoms with E-state index in [1.807, 2.05) is 31.2 Å². The molecule has 2 N–H and O–H groups in total. The summed E-state index contributed by atoms with van der Waals surface area (Å²) in [5.41, 5.74) is 1.29. The first-order valence-electron chi connectivity index (χ1n) is 9.58. The Hall–Kier alpha value is -2.74. The number of rotatable bonds is 6. The highest BCUT2D eigenvalue weighted by atomic mass is 32.2. The summed E-state index contributed by atoms with van der Waals surface area (Å²) in [7, 11) is 0. The summed E-state index contributed by atoms with van der Waals surface area (Å²) in [6.45, 7) is 4.56. The Kier molecular flexibility index (Phi) is 6.98. The molecule has 0 spiro atoms. The van der Waals surface area contributed by atoms with Crippen LogP contribution < -0.4 is 10.6 Å². The molecule has 1 aliphatic rings. The van der Waals surface area contributed by atoms with E-state index in [4.69, 9.17) is 4.42 Å². The van der Waals surface area contributed by atoms with Crippen LogP contribution in [0.5, 0.6) is 0 Å². The van der Waals surface area contributed by atoms with Crippen molar-refractivity contribution in [3.8, 4) is 0 Å². The zero-order valence-electron chi connectivity index (χ0n) is 16.5. The van der Waals surface area contributed by atoms with Gasteiger partial charge in [0, 0.05) is 36.6 Å². The Morgan fingerprint density at radius 2 is 1.83 bits per heavy atom. The Bertz CT molecular complexity index is 843. The van der Waals surface area contributed by atoms with E-state index in [0.717, 1.165) is 23.4 Å². The third-order valence-electron chi connectivity index (χ3n) is 4.75. The fraction of sp³-hybridized carbons (Fsp3) is 0.381. The zero-order valence-corrected chi connectivity index (χ0v) is 17.3. The quantitative estimate of drug-likeness (QED) is 0.707. The van der Waals surface area contributed by atoms with E-state index >= 15 is 0 Å². The molecule has 0 radical (unpaired) electrons. The molecular weight excluding hydrogens is 390 g/mol. The lowest BCUT2D eigenvalue weighted by Gasteiger charge is -2.32. The van der Waals surface area contributed by atoms with Gasteiger partial charge < -0.3 is 20.0 Å². The highest BCUT2D eigenvalue weighted by Crippen LogP contribution is 2.25. The van der Waals surface area contributed by atoms with Gasteiger partial charge in [-0.05, 0) is 50.1 Å². The van der Waals surface area contributed by atoms with Crippen molar-refractivity contribution in [2.75, 3.05) is 18.4 Å². The van der Waals surface area contributed by atoms with E-state index in [0.29, 0.717) is 18.7 Å². The van der Waals surface area contributed by atoms with Crippen LogP contribution in [0.1, 0.15) is 37.0 Å². The highest BCUT2D eigenvalue weighted by Gasteiger charge is 2.26. The molecule has 3 rings (SSSR count). The molecule has 3 amide bonds. The van der Waals surface area contributed by atoms with E-state index in [2.05, 4.69) is 10.6 Å². The van der Waals surface area contributed by atoms with Crippen LogP contribution >= 0.6 is 11.8 Å². The SMILES string of the molecule is CC(=O)Nc1ccc(S[C@H](C)C(=O)NC2CCN(C(=O)c3ccoc3)CC2)cc1. The van der Waals surface area contributed by atoms with Gasteiger partial charge in [-0.1, -0.05) is 0 Å². The second kappa shape index (κ2) is 9.65. The number of hydrogen-bond acceptors (Lipinski definition) is 5. The monoisotopic (exact) mass is 415 g/mol. The standard InChI is InChI=1S/C21H25N3O4S/c1-14(29-19-5-3-17(4-6-19)22-15(2)25)20(26)23-18-7-10-24(11-8-18)21(27)16-9-12-28-13-16/h3-6,9,12-14,18H,7-8,10-11H2,1-2H3,(H,22,25)(H,23,26)/t14-/m1/s1. The summed E-state index contributed by atoms with van der Waals surface area (Å²) in [6, 6.07) is 9.15. The molecule has 1 aromatic heterocycles. The maximum Gasteiger partial charge on any atom is 0.257 e. The number of hydrogen-bond donors (Lipinski definition) is 2. The second-order valence-electron chi connectivity index (χ2n) is 7.05. The van der Waals surface area contributed by atoms with E-state index in [1.165, 1.54) is 31.2 Å². The van der Waals surface area contributed by atoms with Crippen molar-refractivity contribution in [1.82, 2.24) is 10.2 Å². The van der Waals surface area contributed by atoms with Crippen molar-refractivity contribution >= 4 is 35.2 Å². The molecule has 1 fully saturated rings. The lowest BCUT2D eigenvalue weighted by atomic mass is 10.0. The summed E-state index contributed by atoms with van der Waals surface area (Å²) in [5, 5.41) is 5.58. The normalized spacial score (nSPS) is 15.6. The number of carbonyl (C=O) groups is 3. The number of anilines is 1. The van der Waals surface area contributed by atoms with Gasteiger partial charge in [0.15, 0.2) is 0 Å². The van der Waals surface area contributed by atoms with Crippen LogP contribution in [0.15, 0.2) is 52.2 Å². The number of thioether (sulfide) groups is 1. The summed E-state index contributed by atoms with van der Waals surface area (Å²) in [6.07, 6.45) is 4.42. The number of furan rings is 1. The predicted molar refractivity (Wildman–Crippen MR) is 112 cm³/mol. The van der Waals surface area contributed by atoms with Crippen molar-refractivity contribution in [3.63, 3.8) is 0 Å². The first kappa shape index (κ1) is 21.0. The fourth-order valence-corrected chi connectivity index (χ4v) is 4.07. The van der Waals surface area contributed by atoms with Gasteiger partial charge in [0.2, 0.25) is 11.8 Å². The van der Waals surface area contributed by atoms with E-state index in [-0.39, 0.29) is 29.0 Å². The van der Waals surface area contributed by atoms with Gasteiger partial charge in [-0.25, -0.2) is 0 Å².